The van der Waals surface area contributed by atoms with Crippen molar-refractivity contribution in [3.8, 4) is 0 Å². The topological polar surface area (TPSA) is 108 Å². The highest BCUT2D eigenvalue weighted by atomic mass is 32.2. The van der Waals surface area contributed by atoms with Gasteiger partial charge in [-0.25, -0.2) is 8.42 Å². The molecule has 0 saturated heterocycles. The average Bonchev–Trinajstić information content (AvgIpc) is 2.86. The van der Waals surface area contributed by atoms with Gasteiger partial charge in [0.05, 0.1) is 4.90 Å². The molecule has 2 amide bonds. The van der Waals surface area contributed by atoms with Gasteiger partial charge in [0.25, 0.3) is 0 Å². The Hall–Kier alpha value is -3.69. The zero-order valence-electron chi connectivity index (χ0n) is 19.6. The Labute approximate surface area is 205 Å². The summed E-state index contributed by atoms with van der Waals surface area (Å²) in [7, 11) is -0.126. The van der Waals surface area contributed by atoms with Crippen molar-refractivity contribution in [2.24, 2.45) is 0 Å². The Balaban J connectivity index is 1.54. The number of carbonyl (C=O) groups is 2. The molecule has 0 radical (unpaired) electrons. The second-order valence-electron chi connectivity index (χ2n) is 8.61. The minimum absolute atomic E-state index is 0.0420. The van der Waals surface area contributed by atoms with Crippen LogP contribution in [0.1, 0.15) is 29.2 Å². The molecule has 0 unspecified atom stereocenters. The summed E-state index contributed by atoms with van der Waals surface area (Å²) < 4.78 is 29.1. The standard InChI is InChI=1S/C26H28N4O4S/c1-30(2)21-11-8-18(9-12-21)17-27-26(32)25(19-6-4-3-5-7-19)29-35(33,34)22-13-14-23-20(16-22)10-15-24(31)28-23/h3-9,11-14,16,25,29H,10,15,17H2,1-2H3,(H,27,32)(H,28,31)/t25-/m0/s1. The fourth-order valence-electron chi connectivity index (χ4n) is 3.87. The molecule has 1 heterocycles. The van der Waals surface area contributed by atoms with Gasteiger partial charge >= 0.3 is 0 Å². The average molecular weight is 493 g/mol. The van der Waals surface area contributed by atoms with Crippen LogP contribution < -0.4 is 20.3 Å². The Bertz CT molecular complexity index is 1320. The monoisotopic (exact) mass is 492 g/mol. The van der Waals surface area contributed by atoms with Gasteiger partial charge in [-0.1, -0.05) is 42.5 Å². The summed E-state index contributed by atoms with van der Waals surface area (Å²) in [6.45, 7) is 0.260. The van der Waals surface area contributed by atoms with Crippen molar-refractivity contribution >= 4 is 33.2 Å². The summed E-state index contributed by atoms with van der Waals surface area (Å²) in [4.78, 5) is 26.8. The second kappa shape index (κ2) is 10.3. The predicted molar refractivity (Wildman–Crippen MR) is 136 cm³/mol. The number of anilines is 2. The lowest BCUT2D eigenvalue weighted by Gasteiger charge is -2.21. The van der Waals surface area contributed by atoms with Gasteiger partial charge in [0.15, 0.2) is 0 Å². The third-order valence-corrected chi connectivity index (χ3v) is 7.29. The van der Waals surface area contributed by atoms with Crippen molar-refractivity contribution in [2.75, 3.05) is 24.3 Å². The van der Waals surface area contributed by atoms with Crippen molar-refractivity contribution in [1.29, 1.82) is 0 Å². The van der Waals surface area contributed by atoms with E-state index in [-0.39, 0.29) is 17.3 Å². The molecule has 3 N–H and O–H groups in total. The smallest absolute Gasteiger partial charge is 0.243 e. The molecule has 9 heteroatoms. The molecular formula is C26H28N4O4S. The Morgan fingerprint density at radius 2 is 1.71 bits per heavy atom. The lowest BCUT2D eigenvalue weighted by molar-refractivity contribution is -0.123. The lowest BCUT2D eigenvalue weighted by Crippen LogP contribution is -2.40. The Kier molecular flexibility index (Phi) is 7.18. The van der Waals surface area contributed by atoms with E-state index in [4.69, 9.17) is 0 Å². The van der Waals surface area contributed by atoms with Crippen molar-refractivity contribution in [1.82, 2.24) is 10.0 Å². The number of nitrogens with zero attached hydrogens (tertiary/aromatic N) is 1. The normalized spacial score (nSPS) is 13.9. The SMILES string of the molecule is CN(C)c1ccc(CNC(=O)[C@@H](NS(=O)(=O)c2ccc3c(c2)CCC(=O)N3)c2ccccc2)cc1. The van der Waals surface area contributed by atoms with Gasteiger partial charge in [0.2, 0.25) is 21.8 Å². The maximum atomic E-state index is 13.3. The molecule has 0 bridgehead atoms. The molecule has 1 aliphatic rings. The zero-order chi connectivity index (χ0) is 25.0. The lowest BCUT2D eigenvalue weighted by atomic mass is 10.0. The van der Waals surface area contributed by atoms with Gasteiger partial charge in [0, 0.05) is 38.4 Å². The van der Waals surface area contributed by atoms with E-state index in [0.29, 0.717) is 24.1 Å². The molecular weight excluding hydrogens is 464 g/mol. The number of rotatable bonds is 8. The molecule has 1 atom stereocenters. The van der Waals surface area contributed by atoms with Crippen LogP contribution >= 0.6 is 0 Å². The molecule has 8 nitrogen and oxygen atoms in total. The molecule has 3 aromatic carbocycles. The molecule has 35 heavy (non-hydrogen) atoms. The number of carbonyl (C=O) groups excluding carboxylic acids is 2. The van der Waals surface area contributed by atoms with E-state index in [1.54, 1.807) is 42.5 Å². The fourth-order valence-corrected chi connectivity index (χ4v) is 5.11. The van der Waals surface area contributed by atoms with Crippen LogP contribution in [0, 0.1) is 0 Å². The maximum Gasteiger partial charge on any atom is 0.243 e. The third kappa shape index (κ3) is 5.87. The number of fused-ring (bicyclic) bond motifs is 1. The first kappa shape index (κ1) is 24.4. The highest BCUT2D eigenvalue weighted by Crippen LogP contribution is 2.26. The van der Waals surface area contributed by atoms with Gasteiger partial charge in [-0.3, -0.25) is 9.59 Å². The Morgan fingerprint density at radius 1 is 1.00 bits per heavy atom. The van der Waals surface area contributed by atoms with E-state index in [2.05, 4.69) is 15.4 Å². The van der Waals surface area contributed by atoms with E-state index in [9.17, 15) is 18.0 Å². The minimum Gasteiger partial charge on any atom is -0.378 e. The van der Waals surface area contributed by atoms with Gasteiger partial charge in [-0.15, -0.1) is 0 Å². The van der Waals surface area contributed by atoms with Gasteiger partial charge in [-0.05, 0) is 53.4 Å². The molecule has 182 valence electrons. The largest absolute Gasteiger partial charge is 0.378 e. The predicted octanol–water partition coefficient (Wildman–Crippen LogP) is 2.97. The Morgan fingerprint density at radius 3 is 2.40 bits per heavy atom. The summed E-state index contributed by atoms with van der Waals surface area (Å²) >= 11 is 0. The maximum absolute atomic E-state index is 13.3. The van der Waals surface area contributed by atoms with Crippen molar-refractivity contribution in [3.63, 3.8) is 0 Å². The van der Waals surface area contributed by atoms with Crippen LogP contribution in [0.4, 0.5) is 11.4 Å². The molecule has 0 aliphatic carbocycles. The first-order valence-corrected chi connectivity index (χ1v) is 12.8. The van der Waals surface area contributed by atoms with Crippen LogP contribution in [0.3, 0.4) is 0 Å². The highest BCUT2D eigenvalue weighted by Gasteiger charge is 2.28. The molecule has 0 fully saturated rings. The zero-order valence-corrected chi connectivity index (χ0v) is 20.4. The van der Waals surface area contributed by atoms with Crippen LogP contribution in [-0.2, 0) is 32.6 Å². The molecule has 3 aromatic rings. The molecule has 0 aromatic heterocycles. The number of aryl methyl sites for hydroxylation is 1. The number of nitrogens with one attached hydrogen (secondary N) is 3. The van der Waals surface area contributed by atoms with E-state index in [1.807, 2.05) is 43.3 Å². The van der Waals surface area contributed by atoms with Crippen LogP contribution in [0.25, 0.3) is 0 Å². The van der Waals surface area contributed by atoms with E-state index in [0.717, 1.165) is 16.8 Å². The van der Waals surface area contributed by atoms with Crippen molar-refractivity contribution in [3.05, 3.63) is 89.5 Å². The second-order valence-corrected chi connectivity index (χ2v) is 10.3. The number of benzene rings is 3. The van der Waals surface area contributed by atoms with Gasteiger partial charge < -0.3 is 15.5 Å². The van der Waals surface area contributed by atoms with E-state index in [1.165, 1.54) is 6.07 Å². The number of amides is 2. The number of hydrogen-bond donors (Lipinski definition) is 3. The first-order chi connectivity index (χ1) is 16.7. The minimum atomic E-state index is -4.03. The highest BCUT2D eigenvalue weighted by molar-refractivity contribution is 7.89. The molecule has 4 rings (SSSR count). The van der Waals surface area contributed by atoms with Crippen LogP contribution in [0.2, 0.25) is 0 Å². The summed E-state index contributed by atoms with van der Waals surface area (Å²) in [5.41, 5.74) is 3.82. The summed E-state index contributed by atoms with van der Waals surface area (Å²) in [6.07, 6.45) is 0.758. The summed E-state index contributed by atoms with van der Waals surface area (Å²) in [6, 6.07) is 19.9. The van der Waals surface area contributed by atoms with E-state index < -0.39 is 22.0 Å². The summed E-state index contributed by atoms with van der Waals surface area (Å²) in [5, 5.41) is 5.59. The number of hydrogen-bond acceptors (Lipinski definition) is 5. The van der Waals surface area contributed by atoms with Gasteiger partial charge in [0.1, 0.15) is 6.04 Å². The van der Waals surface area contributed by atoms with Gasteiger partial charge in [-0.2, -0.15) is 4.72 Å². The third-order valence-electron chi connectivity index (χ3n) is 5.87. The van der Waals surface area contributed by atoms with Crippen LogP contribution in [-0.4, -0.2) is 34.3 Å². The quantitative estimate of drug-likeness (QED) is 0.448. The van der Waals surface area contributed by atoms with Crippen molar-refractivity contribution in [2.45, 2.75) is 30.3 Å². The van der Waals surface area contributed by atoms with Crippen LogP contribution in [0.5, 0.6) is 0 Å². The number of sulfonamides is 1. The van der Waals surface area contributed by atoms with Crippen molar-refractivity contribution < 1.29 is 18.0 Å². The van der Waals surface area contributed by atoms with Crippen LogP contribution in [0.15, 0.2) is 77.7 Å². The van der Waals surface area contributed by atoms with E-state index >= 15 is 0 Å². The molecule has 0 saturated carbocycles. The molecule has 0 spiro atoms. The summed E-state index contributed by atoms with van der Waals surface area (Å²) in [5.74, 6) is -0.551. The fraction of sp³-hybridized carbons (Fsp3) is 0.231. The first-order valence-electron chi connectivity index (χ1n) is 11.3. The molecule has 1 aliphatic heterocycles.